The Balaban J connectivity index is 1.60. The molecule has 1 aliphatic heterocycles. The molecule has 6 nitrogen and oxygen atoms in total. The normalized spacial score (nSPS) is 15.8. The number of carbonyl (C=O) groups is 1. The third-order valence-corrected chi connectivity index (χ3v) is 5.70. The van der Waals surface area contributed by atoms with Crippen LogP contribution >= 0.6 is 12.2 Å². The van der Waals surface area contributed by atoms with E-state index in [0.717, 1.165) is 18.6 Å². The highest BCUT2D eigenvalue weighted by molar-refractivity contribution is 7.71. The molecule has 0 atom stereocenters. The molecule has 3 rings (SSSR count). The second-order valence-corrected chi connectivity index (χ2v) is 8.21. The summed E-state index contributed by atoms with van der Waals surface area (Å²) in [5.41, 5.74) is 0.500. The van der Waals surface area contributed by atoms with Gasteiger partial charge in [-0.2, -0.15) is 0 Å². The van der Waals surface area contributed by atoms with E-state index in [0.29, 0.717) is 16.7 Å². The number of hydrogen-bond donors (Lipinski definition) is 2. The average molecular weight is 389 g/mol. The minimum absolute atomic E-state index is 0.0606. The van der Waals surface area contributed by atoms with Gasteiger partial charge >= 0.3 is 0 Å². The minimum Gasteiger partial charge on any atom is -0.354 e. The molecule has 2 aromatic rings. The molecule has 1 aromatic carbocycles. The van der Waals surface area contributed by atoms with E-state index in [9.17, 15) is 9.59 Å². The fraction of sp³-hybridized carbons (Fsp3) is 0.550. The maximum atomic E-state index is 12.6. The van der Waals surface area contributed by atoms with E-state index in [1.54, 1.807) is 6.07 Å². The van der Waals surface area contributed by atoms with Crippen LogP contribution in [0.3, 0.4) is 0 Å². The van der Waals surface area contributed by atoms with Crippen molar-refractivity contribution in [3.63, 3.8) is 0 Å². The van der Waals surface area contributed by atoms with E-state index in [2.05, 4.69) is 29.0 Å². The summed E-state index contributed by atoms with van der Waals surface area (Å²) in [4.78, 5) is 30.5. The number of fused-ring (bicyclic) bond motifs is 1. The van der Waals surface area contributed by atoms with Crippen LogP contribution in [0.15, 0.2) is 29.1 Å². The maximum absolute atomic E-state index is 12.6. The topological polar surface area (TPSA) is 70.1 Å². The Morgan fingerprint density at radius 3 is 2.67 bits per heavy atom. The van der Waals surface area contributed by atoms with Gasteiger partial charge in [0.2, 0.25) is 5.91 Å². The molecular formula is C20H28N4O2S. The Bertz CT molecular complexity index is 925. The van der Waals surface area contributed by atoms with Crippen LogP contribution in [0, 0.1) is 4.77 Å². The molecule has 0 bridgehead atoms. The number of nitrogens with zero attached hydrogens (tertiary/aromatic N) is 2. The predicted octanol–water partition coefficient (Wildman–Crippen LogP) is 2.83. The van der Waals surface area contributed by atoms with Gasteiger partial charge in [0.1, 0.15) is 0 Å². The summed E-state index contributed by atoms with van der Waals surface area (Å²) in [6, 6.07) is 7.27. The van der Waals surface area contributed by atoms with Crippen molar-refractivity contribution in [2.24, 2.45) is 0 Å². The maximum Gasteiger partial charge on any atom is 0.262 e. The van der Waals surface area contributed by atoms with Crippen LogP contribution in [0.1, 0.15) is 39.5 Å². The van der Waals surface area contributed by atoms with Gasteiger partial charge in [-0.15, -0.1) is 0 Å². The zero-order chi connectivity index (χ0) is 19.4. The molecule has 1 aromatic heterocycles. The van der Waals surface area contributed by atoms with Crippen molar-refractivity contribution in [3.05, 3.63) is 39.4 Å². The number of nitrogens with one attached hydrogen (secondary N) is 2. The summed E-state index contributed by atoms with van der Waals surface area (Å²) in [6.45, 7) is 7.39. The molecule has 1 aliphatic rings. The zero-order valence-electron chi connectivity index (χ0n) is 16.1. The number of H-pyrrole nitrogens is 1. The van der Waals surface area contributed by atoms with E-state index >= 15 is 0 Å². The highest BCUT2D eigenvalue weighted by Gasteiger charge is 2.28. The number of para-hydroxylation sites is 1. The van der Waals surface area contributed by atoms with Crippen molar-refractivity contribution in [2.45, 2.75) is 51.6 Å². The molecule has 7 heteroatoms. The minimum atomic E-state index is -0.157. The van der Waals surface area contributed by atoms with Crippen molar-refractivity contribution in [1.29, 1.82) is 0 Å². The van der Waals surface area contributed by atoms with Gasteiger partial charge in [-0.25, -0.2) is 0 Å². The average Bonchev–Trinajstić information content (AvgIpc) is 2.67. The number of rotatable bonds is 6. The fourth-order valence-corrected chi connectivity index (χ4v) is 3.91. The molecule has 1 saturated heterocycles. The van der Waals surface area contributed by atoms with Crippen LogP contribution in [0.25, 0.3) is 10.9 Å². The number of piperidine rings is 1. The lowest BCUT2D eigenvalue weighted by Crippen LogP contribution is -2.53. The number of aromatic amines is 1. The first kappa shape index (κ1) is 19.8. The van der Waals surface area contributed by atoms with Crippen molar-refractivity contribution >= 4 is 29.0 Å². The standard InChI is InChI=1S/C20H28N4O2S/c1-20(2,23-11-6-3-7-12-23)14-21-17(25)10-13-24-18(26)15-8-4-5-9-16(15)22-19(24)27/h4-5,8-9H,3,6-7,10-14H2,1-2H3,(H,21,25)(H,22,27). The second kappa shape index (κ2) is 8.35. The SMILES string of the molecule is CC(C)(CNC(=O)CCn1c(=S)[nH]c2ccccc2c1=O)N1CCCCC1. The number of likely N-dealkylation sites (tertiary alicyclic amines) is 1. The molecule has 2 heterocycles. The monoisotopic (exact) mass is 388 g/mol. The third kappa shape index (κ3) is 4.65. The lowest BCUT2D eigenvalue weighted by Gasteiger charge is -2.41. The van der Waals surface area contributed by atoms with Crippen molar-refractivity contribution < 1.29 is 4.79 Å². The summed E-state index contributed by atoms with van der Waals surface area (Å²) >= 11 is 5.30. The predicted molar refractivity (Wildman–Crippen MR) is 111 cm³/mol. The highest BCUT2D eigenvalue weighted by Crippen LogP contribution is 2.19. The quantitative estimate of drug-likeness (QED) is 0.747. The molecule has 1 amide bonds. The number of amides is 1. The molecule has 0 unspecified atom stereocenters. The van der Waals surface area contributed by atoms with Crippen LogP contribution in [0.4, 0.5) is 0 Å². The summed E-state index contributed by atoms with van der Waals surface area (Å²) in [6.07, 6.45) is 3.96. The van der Waals surface area contributed by atoms with Crippen LogP contribution in [0.5, 0.6) is 0 Å². The van der Waals surface area contributed by atoms with Crippen molar-refractivity contribution in [2.75, 3.05) is 19.6 Å². The molecule has 146 valence electrons. The number of benzene rings is 1. The Labute approximate surface area is 164 Å². The third-order valence-electron chi connectivity index (χ3n) is 5.38. The van der Waals surface area contributed by atoms with E-state index in [1.807, 2.05) is 18.2 Å². The van der Waals surface area contributed by atoms with Crippen LogP contribution in [-0.4, -0.2) is 45.5 Å². The smallest absolute Gasteiger partial charge is 0.262 e. The summed E-state index contributed by atoms with van der Waals surface area (Å²) in [5, 5.41) is 3.61. The van der Waals surface area contributed by atoms with Crippen LogP contribution in [0.2, 0.25) is 0 Å². The first-order valence-corrected chi connectivity index (χ1v) is 10.0. The number of carbonyl (C=O) groups excluding carboxylic acids is 1. The fourth-order valence-electron chi connectivity index (χ4n) is 3.63. The van der Waals surface area contributed by atoms with Gasteiger partial charge in [-0.1, -0.05) is 18.6 Å². The largest absolute Gasteiger partial charge is 0.354 e. The van der Waals surface area contributed by atoms with Crippen molar-refractivity contribution in [3.8, 4) is 0 Å². The summed E-state index contributed by atoms with van der Waals surface area (Å²) in [5.74, 6) is -0.0606. The van der Waals surface area contributed by atoms with E-state index in [1.165, 1.54) is 23.8 Å². The van der Waals surface area contributed by atoms with Gasteiger partial charge in [0.25, 0.3) is 5.56 Å². The van der Waals surface area contributed by atoms with Gasteiger partial charge in [0.05, 0.1) is 10.9 Å². The highest BCUT2D eigenvalue weighted by atomic mass is 32.1. The van der Waals surface area contributed by atoms with Crippen molar-refractivity contribution in [1.82, 2.24) is 19.8 Å². The molecular weight excluding hydrogens is 360 g/mol. The van der Waals surface area contributed by atoms with Crippen LogP contribution in [-0.2, 0) is 11.3 Å². The molecule has 0 aliphatic carbocycles. The summed E-state index contributed by atoms with van der Waals surface area (Å²) < 4.78 is 1.81. The first-order valence-electron chi connectivity index (χ1n) is 9.62. The molecule has 0 radical (unpaired) electrons. The van der Waals surface area contributed by atoms with Gasteiger partial charge in [-0.05, 0) is 64.1 Å². The van der Waals surface area contributed by atoms with Gasteiger partial charge in [0.15, 0.2) is 4.77 Å². The van der Waals surface area contributed by atoms with E-state index in [-0.39, 0.29) is 30.0 Å². The molecule has 0 spiro atoms. The Hall–Kier alpha value is -1.99. The Morgan fingerprint density at radius 2 is 1.93 bits per heavy atom. The first-order chi connectivity index (χ1) is 12.9. The van der Waals surface area contributed by atoms with Gasteiger partial charge < -0.3 is 10.3 Å². The number of aromatic nitrogens is 2. The lowest BCUT2D eigenvalue weighted by molar-refractivity contribution is -0.122. The molecule has 1 fully saturated rings. The van der Waals surface area contributed by atoms with Gasteiger partial charge in [0, 0.05) is 25.0 Å². The van der Waals surface area contributed by atoms with Gasteiger partial charge in [-0.3, -0.25) is 19.1 Å². The Kier molecular flexibility index (Phi) is 6.11. The lowest BCUT2D eigenvalue weighted by atomic mass is 9.98. The van der Waals surface area contributed by atoms with E-state index in [4.69, 9.17) is 12.2 Å². The van der Waals surface area contributed by atoms with Crippen LogP contribution < -0.4 is 10.9 Å². The number of hydrogen-bond acceptors (Lipinski definition) is 4. The molecule has 0 saturated carbocycles. The Morgan fingerprint density at radius 1 is 1.22 bits per heavy atom. The van der Waals surface area contributed by atoms with E-state index < -0.39 is 0 Å². The zero-order valence-corrected chi connectivity index (χ0v) is 16.9. The second-order valence-electron chi connectivity index (χ2n) is 7.82. The molecule has 2 N–H and O–H groups in total. The molecule has 27 heavy (non-hydrogen) atoms. The summed E-state index contributed by atoms with van der Waals surface area (Å²) in [7, 11) is 0.